The highest BCUT2D eigenvalue weighted by molar-refractivity contribution is 7.92. The van der Waals surface area contributed by atoms with Crippen molar-refractivity contribution in [2.45, 2.75) is 19.6 Å². The molecule has 0 aliphatic rings. The van der Waals surface area contributed by atoms with E-state index in [1.54, 1.807) is 18.2 Å². The van der Waals surface area contributed by atoms with Crippen LogP contribution in [0.4, 0.5) is 23.0 Å². The van der Waals surface area contributed by atoms with E-state index < -0.39 is 26.9 Å². The Balaban J connectivity index is 0.000000614. The van der Waals surface area contributed by atoms with E-state index in [0.29, 0.717) is 0 Å². The van der Waals surface area contributed by atoms with Gasteiger partial charge in [0.25, 0.3) is 0 Å². The average molecular weight is 472 g/mol. The summed E-state index contributed by atoms with van der Waals surface area (Å²) in [6.45, 7) is 0. The first kappa shape index (κ1) is 24.0. The Morgan fingerprint density at radius 3 is 1.19 bits per heavy atom. The molecule has 0 fully saturated rings. The summed E-state index contributed by atoms with van der Waals surface area (Å²) in [6.07, 6.45) is 0. The molecule has 0 heterocycles. The minimum absolute atomic E-state index is 0.0112. The molecule has 162 valence electrons. The lowest BCUT2D eigenvalue weighted by molar-refractivity contribution is 0.368. The molecule has 0 amide bonds. The van der Waals surface area contributed by atoms with Crippen molar-refractivity contribution in [3.8, 4) is 0 Å². The molecule has 0 aliphatic heterocycles. The Morgan fingerprint density at radius 1 is 0.581 bits per heavy atom. The molecule has 0 atom stereocenters. The van der Waals surface area contributed by atoms with E-state index in [-0.39, 0.29) is 25.3 Å². The molecule has 0 aliphatic carbocycles. The first-order valence-electron chi connectivity index (χ1n) is 8.33. The molecule has 0 saturated carbocycles. The smallest absolute Gasteiger partial charge is 0.418 e. The van der Waals surface area contributed by atoms with E-state index in [1.807, 2.05) is 0 Å². The van der Waals surface area contributed by atoms with E-state index in [1.165, 1.54) is 60.7 Å². The van der Waals surface area contributed by atoms with Crippen LogP contribution in [0, 0.1) is 5.39 Å². The van der Waals surface area contributed by atoms with Crippen LogP contribution in [0.15, 0.2) is 98.4 Å². The number of hydrogen-bond donors (Lipinski definition) is 0. The molecular weight excluding hydrogens is 459 g/mol. The molecule has 13 heteroatoms. The molecule has 0 N–H and O–H groups in total. The van der Waals surface area contributed by atoms with E-state index >= 15 is 0 Å². The summed E-state index contributed by atoms with van der Waals surface area (Å²) in [6, 6.07) is 18.3. The molecule has 31 heavy (non-hydrogen) atoms. The van der Waals surface area contributed by atoms with Crippen molar-refractivity contribution in [2.75, 3.05) is 0 Å². The van der Waals surface area contributed by atoms with Crippen LogP contribution < -0.4 is 0 Å². The number of diazo groups is 1. The van der Waals surface area contributed by atoms with Gasteiger partial charge in [-0.25, -0.2) is 16.8 Å². The lowest BCUT2D eigenvalue weighted by Gasteiger charge is -2.07. The van der Waals surface area contributed by atoms with Gasteiger partial charge in [0.15, 0.2) is 4.98 Å². The fraction of sp³-hybridized carbons (Fsp3) is 0. The maximum atomic E-state index is 12.6. The third-order valence-corrected chi connectivity index (χ3v) is 7.33. The van der Waals surface area contributed by atoms with Crippen LogP contribution in [0.1, 0.15) is 0 Å². The summed E-state index contributed by atoms with van der Waals surface area (Å²) >= 11 is 0. The fourth-order valence-corrected chi connectivity index (χ4v) is 4.90. The molecule has 0 bridgehead atoms. The summed E-state index contributed by atoms with van der Waals surface area (Å²) in [7, 11) is -13.5. The summed E-state index contributed by atoms with van der Waals surface area (Å²) in [5, 5.41) is 8.67. The van der Waals surface area contributed by atoms with E-state index in [2.05, 4.69) is 4.98 Å². The highest BCUT2D eigenvalue weighted by atomic mass is 32.2. The van der Waals surface area contributed by atoms with Crippen LogP contribution in [-0.2, 0) is 19.7 Å². The third kappa shape index (κ3) is 6.37. The van der Waals surface area contributed by atoms with Crippen LogP contribution in [0.3, 0.4) is 0 Å². The summed E-state index contributed by atoms with van der Waals surface area (Å²) in [5.74, 6) is 0. The second kappa shape index (κ2) is 9.28. The van der Waals surface area contributed by atoms with Crippen molar-refractivity contribution in [3.63, 3.8) is 0 Å². The normalized spacial score (nSPS) is 11.7. The lowest BCUT2D eigenvalue weighted by Crippen LogP contribution is -2.04. The topological polar surface area (TPSA) is 96.4 Å². The molecule has 0 radical (unpaired) electrons. The van der Waals surface area contributed by atoms with E-state index in [0.717, 1.165) is 0 Å². The van der Waals surface area contributed by atoms with Crippen molar-refractivity contribution in [2.24, 2.45) is 0 Å². The SMILES string of the molecule is F[B-](F)(F)F.N#[N+]c1ccc(S(=O)(=O)c2ccc(S(=O)(=O)c3ccccc3)cc2)cc1. The highest BCUT2D eigenvalue weighted by Gasteiger charge is 2.22. The van der Waals surface area contributed by atoms with E-state index in [9.17, 15) is 34.1 Å². The lowest BCUT2D eigenvalue weighted by atomic mass is 10.3. The maximum Gasteiger partial charge on any atom is 0.673 e. The Kier molecular flexibility index (Phi) is 7.19. The van der Waals surface area contributed by atoms with Gasteiger partial charge in [0.05, 0.1) is 19.6 Å². The van der Waals surface area contributed by atoms with Crippen molar-refractivity contribution in [1.29, 1.82) is 5.39 Å². The molecular formula is C18H13BF4N2O4S2. The zero-order valence-corrected chi connectivity index (χ0v) is 17.1. The molecule has 0 saturated heterocycles. The molecule has 3 aromatic rings. The van der Waals surface area contributed by atoms with Crippen molar-refractivity contribution >= 4 is 32.6 Å². The Labute approximate surface area is 175 Å². The zero-order chi connectivity index (χ0) is 23.3. The summed E-state index contributed by atoms with van der Waals surface area (Å²) in [5.41, 5.74) is 0.230. The van der Waals surface area contributed by atoms with Gasteiger partial charge in [-0.3, -0.25) is 0 Å². The Hall–Kier alpha value is -3.24. The van der Waals surface area contributed by atoms with Crippen LogP contribution in [0.25, 0.3) is 4.98 Å². The number of nitrogens with zero attached hydrogens (tertiary/aromatic N) is 2. The summed E-state index contributed by atoms with van der Waals surface area (Å²) in [4.78, 5) is 3.11. The molecule has 3 rings (SSSR count). The summed E-state index contributed by atoms with van der Waals surface area (Å²) < 4.78 is 89.3. The van der Waals surface area contributed by atoms with Gasteiger partial charge in [-0.2, -0.15) is 0 Å². The van der Waals surface area contributed by atoms with Gasteiger partial charge in [0.1, 0.15) is 0 Å². The van der Waals surface area contributed by atoms with Gasteiger partial charge < -0.3 is 17.3 Å². The predicted octanol–water partition coefficient (Wildman–Crippen LogP) is 5.14. The molecule has 6 nitrogen and oxygen atoms in total. The van der Waals surface area contributed by atoms with Crippen molar-refractivity contribution in [3.05, 3.63) is 83.8 Å². The third-order valence-electron chi connectivity index (χ3n) is 3.76. The van der Waals surface area contributed by atoms with Gasteiger partial charge in [-0.1, -0.05) is 18.2 Å². The van der Waals surface area contributed by atoms with Crippen molar-refractivity contribution < 1.29 is 34.1 Å². The van der Waals surface area contributed by atoms with E-state index in [4.69, 9.17) is 5.39 Å². The minimum atomic E-state index is -6.00. The number of rotatable bonds is 4. The molecule has 0 aromatic heterocycles. The molecule has 0 unspecified atom stereocenters. The quantitative estimate of drug-likeness (QED) is 0.298. The standard InChI is InChI=1S/C18H13N2O4S2.BF4/c19-20-14-6-8-16(9-7-14)26(23,24)18-12-10-17(11-13-18)25(21,22)15-4-2-1-3-5-15;2-1(3,4)5/h1-13H;/q+1;-1. The van der Waals surface area contributed by atoms with Gasteiger partial charge in [-0.15, -0.1) is 0 Å². The highest BCUT2D eigenvalue weighted by Crippen LogP contribution is 2.26. The van der Waals surface area contributed by atoms with Crippen LogP contribution in [0.5, 0.6) is 0 Å². The first-order chi connectivity index (χ1) is 14.4. The first-order valence-corrected chi connectivity index (χ1v) is 11.3. The van der Waals surface area contributed by atoms with Gasteiger partial charge >= 0.3 is 12.9 Å². The molecule has 3 aromatic carbocycles. The van der Waals surface area contributed by atoms with Gasteiger partial charge in [0, 0.05) is 12.1 Å². The van der Waals surface area contributed by atoms with Gasteiger partial charge in [-0.05, 0) is 48.5 Å². The van der Waals surface area contributed by atoms with Crippen LogP contribution >= 0.6 is 0 Å². The Morgan fingerprint density at radius 2 is 0.871 bits per heavy atom. The number of hydrogen-bond acceptors (Lipinski definition) is 5. The molecule has 0 spiro atoms. The van der Waals surface area contributed by atoms with Crippen LogP contribution in [0.2, 0.25) is 0 Å². The predicted molar refractivity (Wildman–Crippen MR) is 105 cm³/mol. The average Bonchev–Trinajstić information content (AvgIpc) is 2.73. The van der Waals surface area contributed by atoms with Crippen molar-refractivity contribution in [1.82, 2.24) is 0 Å². The second-order valence-corrected chi connectivity index (χ2v) is 9.78. The van der Waals surface area contributed by atoms with Gasteiger partial charge in [0.2, 0.25) is 25.1 Å². The fourth-order valence-electron chi connectivity index (χ4n) is 2.36. The second-order valence-electron chi connectivity index (χ2n) is 5.88. The minimum Gasteiger partial charge on any atom is -0.418 e. The zero-order valence-electron chi connectivity index (χ0n) is 15.4. The maximum absolute atomic E-state index is 12.6. The largest absolute Gasteiger partial charge is 0.673 e. The monoisotopic (exact) mass is 472 g/mol. The number of sulfone groups is 2. The number of halogens is 4. The van der Waals surface area contributed by atoms with Crippen LogP contribution in [-0.4, -0.2) is 24.1 Å². The Bertz CT molecular complexity index is 1280. The number of benzene rings is 3.